The van der Waals surface area contributed by atoms with Gasteiger partial charge in [0.15, 0.2) is 0 Å². The SMILES string of the molecule is CC1=C(OC(=O)OCC(C)C)C(c2cccc([N+](=O)[O-])c2)C(c2nnco2)=C(C)N1. The summed E-state index contributed by atoms with van der Waals surface area (Å²) >= 11 is 0. The van der Waals surface area contributed by atoms with Gasteiger partial charge in [-0.3, -0.25) is 10.1 Å². The molecule has 0 saturated carbocycles. The van der Waals surface area contributed by atoms with Gasteiger partial charge in [0.25, 0.3) is 5.69 Å². The molecule has 1 unspecified atom stereocenters. The zero-order valence-corrected chi connectivity index (χ0v) is 17.0. The van der Waals surface area contributed by atoms with Gasteiger partial charge in [0.05, 0.1) is 28.7 Å². The van der Waals surface area contributed by atoms with E-state index in [1.807, 2.05) is 13.8 Å². The van der Waals surface area contributed by atoms with Crippen molar-refractivity contribution in [3.05, 3.63) is 69.4 Å². The first-order valence-corrected chi connectivity index (χ1v) is 9.32. The highest BCUT2D eigenvalue weighted by molar-refractivity contribution is 5.75. The van der Waals surface area contributed by atoms with Crippen molar-refractivity contribution in [2.75, 3.05) is 6.61 Å². The lowest BCUT2D eigenvalue weighted by molar-refractivity contribution is -0.384. The van der Waals surface area contributed by atoms with Crippen molar-refractivity contribution in [3.8, 4) is 0 Å². The van der Waals surface area contributed by atoms with Crippen LogP contribution in [0.5, 0.6) is 0 Å². The highest BCUT2D eigenvalue weighted by Crippen LogP contribution is 2.43. The third-order valence-electron chi connectivity index (χ3n) is 4.43. The van der Waals surface area contributed by atoms with Crippen LogP contribution in [0.25, 0.3) is 5.57 Å². The molecule has 0 amide bonds. The molecule has 0 radical (unpaired) electrons. The molecule has 2 aromatic rings. The molecule has 1 N–H and O–H groups in total. The van der Waals surface area contributed by atoms with E-state index in [1.54, 1.807) is 26.0 Å². The van der Waals surface area contributed by atoms with Gasteiger partial charge in [-0.05, 0) is 25.3 Å². The Morgan fingerprint density at radius 3 is 2.73 bits per heavy atom. The molecule has 158 valence electrons. The van der Waals surface area contributed by atoms with Crippen LogP contribution >= 0.6 is 0 Å². The normalized spacial score (nSPS) is 16.5. The fraction of sp³-hybridized carbons (Fsp3) is 0.350. The van der Waals surface area contributed by atoms with Crippen molar-refractivity contribution >= 4 is 17.4 Å². The number of hydrogen-bond acceptors (Lipinski definition) is 9. The Balaban J connectivity index is 2.07. The van der Waals surface area contributed by atoms with Gasteiger partial charge in [-0.25, -0.2) is 4.79 Å². The van der Waals surface area contributed by atoms with Crippen molar-refractivity contribution in [2.24, 2.45) is 5.92 Å². The third-order valence-corrected chi connectivity index (χ3v) is 4.43. The number of nitro groups is 1. The number of nitrogens with one attached hydrogen (secondary N) is 1. The second kappa shape index (κ2) is 8.76. The molecule has 1 aromatic heterocycles. The first-order valence-electron chi connectivity index (χ1n) is 9.32. The molecule has 0 spiro atoms. The molecule has 0 saturated heterocycles. The van der Waals surface area contributed by atoms with Crippen LogP contribution in [0.2, 0.25) is 0 Å². The van der Waals surface area contributed by atoms with Crippen LogP contribution in [0.1, 0.15) is 45.1 Å². The van der Waals surface area contributed by atoms with E-state index in [1.165, 1.54) is 18.5 Å². The molecule has 1 atom stereocenters. The number of carbonyl (C=O) groups is 1. The predicted molar refractivity (Wildman–Crippen MR) is 106 cm³/mol. The minimum atomic E-state index is -0.861. The standard InChI is InChI=1S/C20H22N4O6/c1-11(2)9-28-20(25)30-18-13(4)22-12(3)16(19-23-21-10-29-19)17(18)14-6-5-7-15(8-14)24(26)27/h5-8,10-11,17,22H,9H2,1-4H3. The zero-order chi connectivity index (χ0) is 21.8. The largest absolute Gasteiger partial charge is 0.513 e. The smallest absolute Gasteiger partial charge is 0.434 e. The number of nitrogens with zero attached hydrogens (tertiary/aromatic N) is 3. The number of dihydropyridines is 1. The van der Waals surface area contributed by atoms with Crippen molar-refractivity contribution in [2.45, 2.75) is 33.6 Å². The van der Waals surface area contributed by atoms with Crippen LogP contribution in [0.4, 0.5) is 10.5 Å². The molecule has 3 rings (SSSR count). The highest BCUT2D eigenvalue weighted by atomic mass is 16.7. The van der Waals surface area contributed by atoms with Crippen molar-refractivity contribution < 1.29 is 23.6 Å². The summed E-state index contributed by atoms with van der Waals surface area (Å²) in [6.45, 7) is 7.56. The van der Waals surface area contributed by atoms with E-state index < -0.39 is 17.0 Å². The molecule has 2 heterocycles. The zero-order valence-electron chi connectivity index (χ0n) is 17.0. The Morgan fingerprint density at radius 1 is 1.33 bits per heavy atom. The van der Waals surface area contributed by atoms with Gasteiger partial charge in [0, 0.05) is 17.8 Å². The number of allylic oxidation sites excluding steroid dienone is 3. The molecule has 10 heteroatoms. The maximum absolute atomic E-state index is 12.3. The lowest BCUT2D eigenvalue weighted by atomic mass is 9.85. The van der Waals surface area contributed by atoms with Crippen LogP contribution in [0.15, 0.2) is 52.2 Å². The molecule has 30 heavy (non-hydrogen) atoms. The van der Waals surface area contributed by atoms with E-state index in [2.05, 4.69) is 15.5 Å². The number of carbonyl (C=O) groups excluding carboxylic acids is 1. The van der Waals surface area contributed by atoms with Gasteiger partial charge in [0.2, 0.25) is 12.3 Å². The van der Waals surface area contributed by atoms with E-state index in [9.17, 15) is 14.9 Å². The average molecular weight is 414 g/mol. The minimum Gasteiger partial charge on any atom is -0.434 e. The highest BCUT2D eigenvalue weighted by Gasteiger charge is 2.36. The number of hydrogen-bond donors (Lipinski definition) is 1. The van der Waals surface area contributed by atoms with Crippen LogP contribution in [0, 0.1) is 16.0 Å². The molecule has 1 aliphatic heterocycles. The van der Waals surface area contributed by atoms with E-state index in [0.29, 0.717) is 22.5 Å². The first-order chi connectivity index (χ1) is 14.3. The van der Waals surface area contributed by atoms with Crippen LogP contribution < -0.4 is 5.32 Å². The molecular weight excluding hydrogens is 392 g/mol. The fourth-order valence-corrected chi connectivity index (χ4v) is 3.17. The Morgan fingerprint density at radius 2 is 2.10 bits per heavy atom. The van der Waals surface area contributed by atoms with E-state index in [-0.39, 0.29) is 29.9 Å². The summed E-state index contributed by atoms with van der Waals surface area (Å²) < 4.78 is 16.1. The number of ether oxygens (including phenoxy) is 2. The summed E-state index contributed by atoms with van der Waals surface area (Å²) in [5.74, 6) is -0.109. The first kappa shape index (κ1) is 21.0. The molecule has 0 bridgehead atoms. The summed E-state index contributed by atoms with van der Waals surface area (Å²) in [4.78, 5) is 23.1. The molecule has 10 nitrogen and oxygen atoms in total. The van der Waals surface area contributed by atoms with Crippen LogP contribution in [0.3, 0.4) is 0 Å². The van der Waals surface area contributed by atoms with Gasteiger partial charge in [0.1, 0.15) is 5.76 Å². The molecule has 0 fully saturated rings. The topological polar surface area (TPSA) is 130 Å². The van der Waals surface area contributed by atoms with Gasteiger partial charge in [-0.2, -0.15) is 0 Å². The summed E-state index contributed by atoms with van der Waals surface area (Å²) in [5.41, 5.74) is 2.24. The van der Waals surface area contributed by atoms with Crippen molar-refractivity contribution in [1.82, 2.24) is 15.5 Å². The Labute approximate surface area is 172 Å². The number of nitro benzene ring substituents is 1. The Bertz CT molecular complexity index is 1010. The Hall–Kier alpha value is -3.69. The van der Waals surface area contributed by atoms with Crippen molar-refractivity contribution in [3.63, 3.8) is 0 Å². The maximum Gasteiger partial charge on any atom is 0.513 e. The summed E-state index contributed by atoms with van der Waals surface area (Å²) in [7, 11) is 0. The Kier molecular flexibility index (Phi) is 6.14. The maximum atomic E-state index is 12.3. The van der Waals surface area contributed by atoms with E-state index in [4.69, 9.17) is 13.9 Å². The molecule has 1 aliphatic rings. The monoisotopic (exact) mass is 414 g/mol. The van der Waals surface area contributed by atoms with Gasteiger partial charge in [-0.15, -0.1) is 10.2 Å². The number of benzene rings is 1. The van der Waals surface area contributed by atoms with Crippen LogP contribution in [-0.2, 0) is 9.47 Å². The second-order valence-corrected chi connectivity index (χ2v) is 7.24. The van der Waals surface area contributed by atoms with Crippen LogP contribution in [-0.4, -0.2) is 27.9 Å². The summed E-state index contributed by atoms with van der Waals surface area (Å²) in [5, 5.41) is 22.1. The van der Waals surface area contributed by atoms with E-state index >= 15 is 0 Å². The van der Waals surface area contributed by atoms with Gasteiger partial charge in [-0.1, -0.05) is 26.0 Å². The number of non-ortho nitro benzene ring substituents is 1. The number of aromatic nitrogens is 2. The predicted octanol–water partition coefficient (Wildman–Crippen LogP) is 4.14. The van der Waals surface area contributed by atoms with E-state index in [0.717, 1.165) is 0 Å². The molecular formula is C20H22N4O6. The average Bonchev–Trinajstić information content (AvgIpc) is 3.22. The minimum absolute atomic E-state index is 0.0899. The molecule has 1 aromatic carbocycles. The lowest BCUT2D eigenvalue weighted by Gasteiger charge is -2.29. The quantitative estimate of drug-likeness (QED) is 0.421. The summed E-state index contributed by atoms with van der Waals surface area (Å²) in [6, 6.07) is 6.10. The molecule has 0 aliphatic carbocycles. The van der Waals surface area contributed by atoms with Gasteiger partial charge < -0.3 is 19.2 Å². The fourth-order valence-electron chi connectivity index (χ4n) is 3.17. The number of rotatable bonds is 6. The second-order valence-electron chi connectivity index (χ2n) is 7.24. The lowest BCUT2D eigenvalue weighted by Crippen LogP contribution is -2.27. The third kappa shape index (κ3) is 4.48. The van der Waals surface area contributed by atoms with Crippen molar-refractivity contribution in [1.29, 1.82) is 0 Å². The summed E-state index contributed by atoms with van der Waals surface area (Å²) in [6.07, 6.45) is 0.322. The van der Waals surface area contributed by atoms with Gasteiger partial charge >= 0.3 is 6.16 Å².